The molecule has 0 aromatic carbocycles. The van der Waals surface area contributed by atoms with Crippen molar-refractivity contribution >= 4 is 17.6 Å². The van der Waals surface area contributed by atoms with Gasteiger partial charge in [-0.05, 0) is 26.8 Å². The van der Waals surface area contributed by atoms with Crippen LogP contribution in [0.25, 0.3) is 0 Å². The Morgan fingerprint density at radius 3 is 2.48 bits per heavy atom. The first-order valence-electron chi connectivity index (χ1n) is 6.87. The van der Waals surface area contributed by atoms with Crippen LogP contribution in [0.5, 0.6) is 5.88 Å². The minimum atomic E-state index is -4.48. The molecule has 0 amide bonds. The fourth-order valence-corrected chi connectivity index (χ4v) is 1.76. The molecule has 23 heavy (non-hydrogen) atoms. The first kappa shape index (κ1) is 19.3. The lowest BCUT2D eigenvalue weighted by atomic mass is 10.1. The second-order valence-electron chi connectivity index (χ2n) is 5.73. The van der Waals surface area contributed by atoms with Crippen LogP contribution in [-0.4, -0.2) is 36.7 Å². The van der Waals surface area contributed by atoms with E-state index in [2.05, 4.69) is 20.6 Å². The molecule has 1 aromatic heterocycles. The second kappa shape index (κ2) is 7.72. The topological polar surface area (TPSA) is 58.5 Å². The maximum Gasteiger partial charge on any atom is 0.417 e. The SMILES string of the molecule is CN=C(NCCOc1ncc(C(F)(F)F)cc1Cl)NC(C)(C)C. The van der Waals surface area contributed by atoms with E-state index >= 15 is 0 Å². The van der Waals surface area contributed by atoms with E-state index in [0.29, 0.717) is 18.7 Å². The lowest BCUT2D eigenvalue weighted by molar-refractivity contribution is -0.137. The molecular formula is C14H20ClF3N4O. The summed E-state index contributed by atoms with van der Waals surface area (Å²) < 4.78 is 42.8. The third-order valence-corrected chi connectivity index (χ3v) is 2.76. The van der Waals surface area contributed by atoms with Crippen LogP contribution < -0.4 is 15.4 Å². The van der Waals surface area contributed by atoms with Gasteiger partial charge in [0.05, 0.1) is 12.1 Å². The summed E-state index contributed by atoms with van der Waals surface area (Å²) >= 11 is 5.75. The summed E-state index contributed by atoms with van der Waals surface area (Å²) in [5.74, 6) is 0.549. The van der Waals surface area contributed by atoms with Crippen molar-refractivity contribution in [2.75, 3.05) is 20.2 Å². The number of guanidine groups is 1. The van der Waals surface area contributed by atoms with Gasteiger partial charge in [0.2, 0.25) is 5.88 Å². The molecule has 1 aromatic rings. The first-order chi connectivity index (χ1) is 10.5. The van der Waals surface area contributed by atoms with Crippen LogP contribution in [0.3, 0.4) is 0 Å². The van der Waals surface area contributed by atoms with Crippen LogP contribution in [0.1, 0.15) is 26.3 Å². The van der Waals surface area contributed by atoms with Gasteiger partial charge in [0.1, 0.15) is 11.6 Å². The Labute approximate surface area is 138 Å². The van der Waals surface area contributed by atoms with Gasteiger partial charge in [-0.25, -0.2) is 4.98 Å². The van der Waals surface area contributed by atoms with E-state index in [1.54, 1.807) is 7.05 Å². The predicted octanol–water partition coefficient (Wildman–Crippen LogP) is 3.10. The Bertz CT molecular complexity index is 556. The molecule has 0 aliphatic rings. The average Bonchev–Trinajstić information content (AvgIpc) is 2.41. The number of alkyl halides is 3. The molecule has 2 N–H and O–H groups in total. The zero-order chi connectivity index (χ0) is 17.7. The number of aliphatic imine (C=N–C) groups is 1. The van der Waals surface area contributed by atoms with Gasteiger partial charge in [-0.1, -0.05) is 11.6 Å². The van der Waals surface area contributed by atoms with Crippen LogP contribution in [0.4, 0.5) is 13.2 Å². The van der Waals surface area contributed by atoms with Crippen molar-refractivity contribution in [1.82, 2.24) is 15.6 Å². The molecule has 0 bridgehead atoms. The van der Waals surface area contributed by atoms with Crippen molar-refractivity contribution in [1.29, 1.82) is 0 Å². The summed E-state index contributed by atoms with van der Waals surface area (Å²) in [6.45, 7) is 6.52. The van der Waals surface area contributed by atoms with Gasteiger partial charge in [0, 0.05) is 18.8 Å². The highest BCUT2D eigenvalue weighted by Gasteiger charge is 2.31. The van der Waals surface area contributed by atoms with Crippen LogP contribution in [-0.2, 0) is 6.18 Å². The molecule has 0 aliphatic heterocycles. The standard InChI is InChI=1S/C14H20ClF3N4O/c1-13(2,3)22-12(19-4)20-5-6-23-11-10(15)7-9(8-21-11)14(16,17)18/h7-8H,5-6H2,1-4H3,(H2,19,20,22). The van der Waals surface area contributed by atoms with E-state index in [4.69, 9.17) is 16.3 Å². The van der Waals surface area contributed by atoms with Crippen LogP contribution >= 0.6 is 11.6 Å². The van der Waals surface area contributed by atoms with E-state index in [0.717, 1.165) is 6.07 Å². The van der Waals surface area contributed by atoms with Gasteiger partial charge < -0.3 is 15.4 Å². The zero-order valence-corrected chi connectivity index (χ0v) is 14.1. The van der Waals surface area contributed by atoms with Crippen molar-refractivity contribution in [2.45, 2.75) is 32.5 Å². The molecule has 0 saturated carbocycles. The summed E-state index contributed by atoms with van der Waals surface area (Å²) in [6, 6.07) is 0.789. The summed E-state index contributed by atoms with van der Waals surface area (Å²) in [6.07, 6.45) is -3.80. The number of ether oxygens (including phenoxy) is 1. The number of rotatable bonds is 4. The number of nitrogens with one attached hydrogen (secondary N) is 2. The molecule has 0 spiro atoms. The van der Waals surface area contributed by atoms with E-state index in [9.17, 15) is 13.2 Å². The van der Waals surface area contributed by atoms with Gasteiger partial charge in [-0.3, -0.25) is 4.99 Å². The molecule has 130 valence electrons. The molecule has 0 atom stereocenters. The molecule has 1 heterocycles. The Morgan fingerprint density at radius 2 is 2.00 bits per heavy atom. The summed E-state index contributed by atoms with van der Waals surface area (Å²) in [4.78, 5) is 7.64. The average molecular weight is 353 g/mol. The zero-order valence-electron chi connectivity index (χ0n) is 13.4. The molecular weight excluding hydrogens is 333 g/mol. The van der Waals surface area contributed by atoms with Crippen molar-refractivity contribution in [2.24, 2.45) is 4.99 Å². The first-order valence-corrected chi connectivity index (χ1v) is 7.25. The lowest BCUT2D eigenvalue weighted by Gasteiger charge is -2.23. The van der Waals surface area contributed by atoms with Gasteiger partial charge in [-0.2, -0.15) is 13.2 Å². The van der Waals surface area contributed by atoms with E-state index < -0.39 is 11.7 Å². The van der Waals surface area contributed by atoms with Gasteiger partial charge in [0.15, 0.2) is 5.96 Å². The Balaban J connectivity index is 2.50. The third kappa shape index (κ3) is 6.94. The van der Waals surface area contributed by atoms with Gasteiger partial charge >= 0.3 is 6.18 Å². The number of hydrogen-bond donors (Lipinski definition) is 2. The van der Waals surface area contributed by atoms with Crippen molar-refractivity contribution in [3.05, 3.63) is 22.8 Å². The fraction of sp³-hybridized carbons (Fsp3) is 0.571. The Hall–Kier alpha value is -1.70. The number of hydrogen-bond acceptors (Lipinski definition) is 3. The summed E-state index contributed by atoms with van der Waals surface area (Å²) in [7, 11) is 1.64. The quantitative estimate of drug-likeness (QED) is 0.496. The molecule has 1 rings (SSSR count). The van der Waals surface area contributed by atoms with Crippen LogP contribution in [0, 0.1) is 0 Å². The highest BCUT2D eigenvalue weighted by Crippen LogP contribution is 2.32. The van der Waals surface area contributed by atoms with Crippen molar-refractivity contribution in [3.8, 4) is 5.88 Å². The molecule has 0 unspecified atom stereocenters. The largest absolute Gasteiger partial charge is 0.475 e. The second-order valence-corrected chi connectivity index (χ2v) is 6.14. The number of aromatic nitrogens is 1. The molecule has 0 fully saturated rings. The minimum absolute atomic E-state index is 0.0414. The molecule has 9 heteroatoms. The Morgan fingerprint density at radius 1 is 1.35 bits per heavy atom. The molecule has 5 nitrogen and oxygen atoms in total. The van der Waals surface area contributed by atoms with E-state index in [-0.39, 0.29) is 23.0 Å². The van der Waals surface area contributed by atoms with Crippen LogP contribution in [0.2, 0.25) is 5.02 Å². The van der Waals surface area contributed by atoms with E-state index in [1.807, 2.05) is 20.8 Å². The van der Waals surface area contributed by atoms with Crippen LogP contribution in [0.15, 0.2) is 17.3 Å². The smallest absolute Gasteiger partial charge is 0.417 e. The lowest BCUT2D eigenvalue weighted by Crippen LogP contribution is -2.48. The molecule has 0 saturated heterocycles. The maximum absolute atomic E-state index is 12.5. The van der Waals surface area contributed by atoms with Crippen molar-refractivity contribution in [3.63, 3.8) is 0 Å². The third-order valence-electron chi connectivity index (χ3n) is 2.49. The predicted molar refractivity (Wildman–Crippen MR) is 84.0 cm³/mol. The number of nitrogens with zero attached hydrogens (tertiary/aromatic N) is 2. The van der Waals surface area contributed by atoms with E-state index in [1.165, 1.54) is 0 Å². The normalized spacial score (nSPS) is 13.0. The van der Waals surface area contributed by atoms with Gasteiger partial charge in [-0.15, -0.1) is 0 Å². The fourth-order valence-electron chi connectivity index (χ4n) is 1.54. The minimum Gasteiger partial charge on any atom is -0.475 e. The maximum atomic E-state index is 12.5. The van der Waals surface area contributed by atoms with Gasteiger partial charge in [0.25, 0.3) is 0 Å². The number of halogens is 4. The highest BCUT2D eigenvalue weighted by atomic mass is 35.5. The highest BCUT2D eigenvalue weighted by molar-refractivity contribution is 6.31. The van der Waals surface area contributed by atoms with Crippen molar-refractivity contribution < 1.29 is 17.9 Å². The number of pyridine rings is 1. The molecule has 0 radical (unpaired) electrons. The molecule has 0 aliphatic carbocycles. The summed E-state index contributed by atoms with van der Waals surface area (Å²) in [5.41, 5.74) is -1.07. The summed E-state index contributed by atoms with van der Waals surface area (Å²) in [5, 5.41) is 5.99. The Kier molecular flexibility index (Phi) is 6.49. The monoisotopic (exact) mass is 352 g/mol.